The van der Waals surface area contributed by atoms with Gasteiger partial charge in [-0.25, -0.2) is 10.8 Å². The van der Waals surface area contributed by atoms with Gasteiger partial charge in [0.25, 0.3) is 5.56 Å². The van der Waals surface area contributed by atoms with Gasteiger partial charge in [0, 0.05) is 24.8 Å². The van der Waals surface area contributed by atoms with Crippen LogP contribution in [0.1, 0.15) is 37.9 Å². The summed E-state index contributed by atoms with van der Waals surface area (Å²) in [6.07, 6.45) is 3.58. The van der Waals surface area contributed by atoms with Crippen LogP contribution in [0.2, 0.25) is 0 Å². The van der Waals surface area contributed by atoms with Crippen molar-refractivity contribution in [2.75, 3.05) is 0 Å². The predicted octanol–water partition coefficient (Wildman–Crippen LogP) is 0.521. The molecule has 138 valence electrons. The molecule has 26 heavy (non-hydrogen) atoms. The van der Waals surface area contributed by atoms with Gasteiger partial charge in [0.15, 0.2) is 0 Å². The first-order chi connectivity index (χ1) is 12.6. The number of rotatable bonds is 5. The average Bonchev–Trinajstić information content (AvgIpc) is 2.66. The summed E-state index contributed by atoms with van der Waals surface area (Å²) in [6, 6.07) is 7.20. The molecule has 1 aromatic heterocycles. The zero-order chi connectivity index (χ0) is 18.5. The molecule has 3 rings (SSSR count). The van der Waals surface area contributed by atoms with E-state index in [1.165, 1.54) is 0 Å². The Morgan fingerprint density at radius 3 is 2.65 bits per heavy atom. The quantitative estimate of drug-likeness (QED) is 0.352. The van der Waals surface area contributed by atoms with Gasteiger partial charge < -0.3 is 10.3 Å². The Hall–Kier alpha value is -2.74. The van der Waals surface area contributed by atoms with Gasteiger partial charge in [-0.2, -0.15) is 0 Å². The summed E-state index contributed by atoms with van der Waals surface area (Å²) in [5.74, 6) is 5.38. The number of hydrogen-bond acceptors (Lipinski definition) is 5. The normalized spacial score (nSPS) is 19.9. The van der Waals surface area contributed by atoms with E-state index >= 15 is 0 Å². The largest absolute Gasteiger partial charge is 0.353 e. The molecule has 1 saturated carbocycles. The van der Waals surface area contributed by atoms with E-state index in [0.29, 0.717) is 36.0 Å². The molecule has 0 spiro atoms. The van der Waals surface area contributed by atoms with E-state index in [0.717, 1.165) is 12.8 Å². The van der Waals surface area contributed by atoms with Crippen molar-refractivity contribution < 1.29 is 9.59 Å². The van der Waals surface area contributed by atoms with Crippen LogP contribution in [0, 0.1) is 5.92 Å². The van der Waals surface area contributed by atoms with Crippen LogP contribution >= 0.6 is 0 Å². The predicted molar refractivity (Wildman–Crippen MR) is 96.9 cm³/mol. The highest BCUT2D eigenvalue weighted by Crippen LogP contribution is 2.24. The number of benzene rings is 1. The third-order valence-electron chi connectivity index (χ3n) is 4.86. The Bertz CT molecular complexity index is 855. The summed E-state index contributed by atoms with van der Waals surface area (Å²) < 4.78 is 0. The summed E-state index contributed by atoms with van der Waals surface area (Å²) >= 11 is 0. The van der Waals surface area contributed by atoms with E-state index in [4.69, 9.17) is 5.84 Å². The Morgan fingerprint density at radius 2 is 1.92 bits per heavy atom. The number of amides is 2. The lowest BCUT2D eigenvalue weighted by Crippen LogP contribution is -2.42. The average molecular weight is 357 g/mol. The Morgan fingerprint density at radius 1 is 1.19 bits per heavy atom. The topological polar surface area (TPSA) is 130 Å². The monoisotopic (exact) mass is 357 g/mol. The molecule has 5 N–H and O–H groups in total. The number of aromatic nitrogens is 2. The summed E-state index contributed by atoms with van der Waals surface area (Å²) in [5, 5.41) is 3.54. The van der Waals surface area contributed by atoms with Crippen molar-refractivity contribution >= 4 is 22.7 Å². The maximum Gasteiger partial charge on any atom is 0.258 e. The van der Waals surface area contributed by atoms with Gasteiger partial charge in [0.05, 0.1) is 10.9 Å². The second kappa shape index (κ2) is 8.09. The number of nitrogens with two attached hydrogens (primary N) is 1. The number of hydrazine groups is 1. The molecule has 0 bridgehead atoms. The van der Waals surface area contributed by atoms with Crippen molar-refractivity contribution in [3.05, 3.63) is 40.4 Å². The second-order valence-corrected chi connectivity index (χ2v) is 6.65. The second-order valence-electron chi connectivity index (χ2n) is 6.65. The van der Waals surface area contributed by atoms with E-state index in [1.54, 1.807) is 18.2 Å². The van der Waals surface area contributed by atoms with Crippen molar-refractivity contribution in [1.82, 2.24) is 20.7 Å². The first-order valence-electron chi connectivity index (χ1n) is 8.84. The molecule has 1 fully saturated rings. The zero-order valence-corrected chi connectivity index (χ0v) is 14.5. The molecule has 1 aliphatic rings. The molecule has 2 amide bonds. The number of nitrogens with zero attached hydrogens (tertiary/aromatic N) is 1. The van der Waals surface area contributed by atoms with E-state index in [1.807, 2.05) is 6.07 Å². The van der Waals surface area contributed by atoms with Crippen LogP contribution in [0.5, 0.6) is 0 Å². The molecule has 1 heterocycles. The molecule has 8 nitrogen and oxygen atoms in total. The minimum atomic E-state index is -0.192. The minimum absolute atomic E-state index is 0.0694. The van der Waals surface area contributed by atoms with Crippen LogP contribution in [-0.4, -0.2) is 27.8 Å². The molecular weight excluding hydrogens is 334 g/mol. The molecule has 1 aromatic carbocycles. The van der Waals surface area contributed by atoms with Gasteiger partial charge in [0.1, 0.15) is 5.82 Å². The van der Waals surface area contributed by atoms with Crippen molar-refractivity contribution in [2.24, 2.45) is 11.8 Å². The van der Waals surface area contributed by atoms with Crippen LogP contribution in [0.15, 0.2) is 29.1 Å². The first-order valence-corrected chi connectivity index (χ1v) is 8.84. The number of carbonyl (C=O) groups excluding carboxylic acids is 2. The molecule has 0 saturated heterocycles. The van der Waals surface area contributed by atoms with Gasteiger partial charge in [0.2, 0.25) is 11.8 Å². The third-order valence-corrected chi connectivity index (χ3v) is 4.86. The van der Waals surface area contributed by atoms with E-state index in [9.17, 15) is 14.4 Å². The molecule has 1 aliphatic carbocycles. The van der Waals surface area contributed by atoms with E-state index < -0.39 is 0 Å². The standard InChI is InChI=1S/C18H23N5O3/c19-23-17(25)11-5-7-12(8-6-11)20-16(24)10-9-15-21-14-4-2-1-3-13(14)18(26)22-15/h1-4,11-12H,5-10,19H2,(H,20,24)(H,23,25)(H,21,22,26). The fourth-order valence-corrected chi connectivity index (χ4v) is 3.40. The Balaban J connectivity index is 1.50. The third kappa shape index (κ3) is 4.26. The smallest absolute Gasteiger partial charge is 0.258 e. The van der Waals surface area contributed by atoms with E-state index in [2.05, 4.69) is 20.7 Å². The van der Waals surface area contributed by atoms with Crippen molar-refractivity contribution in [1.29, 1.82) is 0 Å². The number of aromatic amines is 1. The lowest BCUT2D eigenvalue weighted by Gasteiger charge is -2.27. The number of para-hydroxylation sites is 1. The lowest BCUT2D eigenvalue weighted by atomic mass is 9.85. The number of nitrogens with one attached hydrogen (secondary N) is 3. The number of fused-ring (bicyclic) bond motifs is 1. The molecule has 0 atom stereocenters. The summed E-state index contributed by atoms with van der Waals surface area (Å²) in [6.45, 7) is 0. The van der Waals surface area contributed by atoms with Crippen LogP contribution in [0.3, 0.4) is 0 Å². The Labute approximate surface area is 150 Å². The highest BCUT2D eigenvalue weighted by atomic mass is 16.2. The minimum Gasteiger partial charge on any atom is -0.353 e. The number of hydrogen-bond donors (Lipinski definition) is 4. The van der Waals surface area contributed by atoms with E-state index in [-0.39, 0.29) is 35.8 Å². The van der Waals surface area contributed by atoms with Crippen LogP contribution in [0.4, 0.5) is 0 Å². The van der Waals surface area contributed by atoms with Gasteiger partial charge in [-0.1, -0.05) is 12.1 Å². The molecular formula is C18H23N5O3. The first kappa shape index (κ1) is 18.1. The lowest BCUT2D eigenvalue weighted by molar-refractivity contribution is -0.126. The maximum atomic E-state index is 12.2. The summed E-state index contributed by atoms with van der Waals surface area (Å²) in [4.78, 5) is 42.9. The fourth-order valence-electron chi connectivity index (χ4n) is 3.40. The SMILES string of the molecule is NNC(=O)C1CCC(NC(=O)CCc2nc3ccccc3c(=O)[nH]2)CC1. The van der Waals surface area contributed by atoms with Crippen molar-refractivity contribution in [3.8, 4) is 0 Å². The van der Waals surface area contributed by atoms with Crippen LogP contribution in [-0.2, 0) is 16.0 Å². The maximum absolute atomic E-state index is 12.2. The van der Waals surface area contributed by atoms with Gasteiger partial charge in [-0.15, -0.1) is 0 Å². The highest BCUT2D eigenvalue weighted by Gasteiger charge is 2.26. The number of H-pyrrole nitrogens is 1. The summed E-state index contributed by atoms with van der Waals surface area (Å²) in [7, 11) is 0. The molecule has 0 unspecified atom stereocenters. The number of carbonyl (C=O) groups is 2. The fraction of sp³-hybridized carbons (Fsp3) is 0.444. The summed E-state index contributed by atoms with van der Waals surface area (Å²) in [5.41, 5.74) is 2.62. The highest BCUT2D eigenvalue weighted by molar-refractivity contribution is 5.79. The number of aryl methyl sites for hydroxylation is 1. The van der Waals surface area contributed by atoms with Gasteiger partial charge in [-0.3, -0.25) is 19.8 Å². The Kier molecular flexibility index (Phi) is 5.62. The molecule has 8 heteroatoms. The van der Waals surface area contributed by atoms with Crippen molar-refractivity contribution in [3.63, 3.8) is 0 Å². The van der Waals surface area contributed by atoms with Gasteiger partial charge >= 0.3 is 0 Å². The van der Waals surface area contributed by atoms with Crippen molar-refractivity contribution in [2.45, 2.75) is 44.6 Å². The zero-order valence-electron chi connectivity index (χ0n) is 14.5. The molecule has 2 aromatic rings. The van der Waals surface area contributed by atoms with Crippen LogP contribution < -0.4 is 22.1 Å². The molecule has 0 aliphatic heterocycles. The molecule has 0 radical (unpaired) electrons. The van der Waals surface area contributed by atoms with Gasteiger partial charge in [-0.05, 0) is 37.8 Å². The van der Waals surface area contributed by atoms with Crippen LogP contribution in [0.25, 0.3) is 10.9 Å².